The fourth-order valence-electron chi connectivity index (χ4n) is 4.40. The molecular weight excluding hydrogens is 453 g/mol. The molecule has 0 unspecified atom stereocenters. The molecule has 0 saturated carbocycles. The number of benzene rings is 1. The maximum atomic E-state index is 15.1. The first-order chi connectivity index (χ1) is 15.4. The molecule has 32 heavy (non-hydrogen) atoms. The molecule has 0 radical (unpaired) electrons. The van der Waals surface area contributed by atoms with Gasteiger partial charge in [-0.15, -0.1) is 11.3 Å². The second kappa shape index (κ2) is 9.57. The summed E-state index contributed by atoms with van der Waals surface area (Å²) in [6, 6.07) is 8.33. The van der Waals surface area contributed by atoms with Gasteiger partial charge < -0.3 is 14.8 Å². The topological polar surface area (TPSA) is 64.6 Å². The van der Waals surface area contributed by atoms with E-state index in [1.165, 1.54) is 19.2 Å². The number of carbonyl (C=O) groups excluding carboxylic acids is 2. The lowest BCUT2D eigenvalue weighted by Gasteiger charge is -2.36. The number of rotatable bonds is 6. The van der Waals surface area contributed by atoms with Crippen LogP contribution in [0.1, 0.15) is 42.0 Å². The number of Topliss-reactive ketones (excluding diaryl/α,β-unsaturated/α-hetero) is 1. The van der Waals surface area contributed by atoms with E-state index >= 15 is 4.39 Å². The number of hydrogen-bond acceptors (Lipinski definition) is 6. The van der Waals surface area contributed by atoms with E-state index in [-0.39, 0.29) is 47.5 Å². The first-order valence-corrected chi connectivity index (χ1v) is 11.6. The van der Waals surface area contributed by atoms with E-state index in [0.717, 1.165) is 4.88 Å². The molecule has 0 saturated heterocycles. The van der Waals surface area contributed by atoms with Crippen molar-refractivity contribution in [3.63, 3.8) is 0 Å². The molecule has 0 fully saturated rings. The van der Waals surface area contributed by atoms with E-state index in [2.05, 4.69) is 5.32 Å². The molecule has 5 nitrogen and oxygen atoms in total. The van der Waals surface area contributed by atoms with Gasteiger partial charge in [-0.3, -0.25) is 4.79 Å². The Kier molecular flexibility index (Phi) is 6.79. The number of carbonyl (C=O) groups is 2. The van der Waals surface area contributed by atoms with Crippen LogP contribution in [0.4, 0.5) is 4.39 Å². The van der Waals surface area contributed by atoms with Gasteiger partial charge in [0.15, 0.2) is 5.78 Å². The summed E-state index contributed by atoms with van der Waals surface area (Å²) in [5.74, 6) is -2.23. The fourth-order valence-corrected chi connectivity index (χ4v) is 5.51. The average Bonchev–Trinajstić information content (AvgIpc) is 3.28. The Bertz CT molecular complexity index is 1090. The molecule has 2 aliphatic rings. The van der Waals surface area contributed by atoms with Crippen LogP contribution in [0.15, 0.2) is 58.3 Å². The summed E-state index contributed by atoms with van der Waals surface area (Å²) in [7, 11) is 1.50. The lowest BCUT2D eigenvalue weighted by Crippen LogP contribution is -2.36. The van der Waals surface area contributed by atoms with E-state index in [9.17, 15) is 9.59 Å². The summed E-state index contributed by atoms with van der Waals surface area (Å²) in [5.41, 5.74) is 1.91. The number of halogens is 2. The van der Waals surface area contributed by atoms with E-state index in [1.54, 1.807) is 24.3 Å². The lowest BCUT2D eigenvalue weighted by molar-refractivity contribution is -0.140. The zero-order valence-electron chi connectivity index (χ0n) is 17.7. The molecule has 0 amide bonds. The molecule has 1 aromatic carbocycles. The van der Waals surface area contributed by atoms with Crippen LogP contribution in [0.2, 0.25) is 5.02 Å². The molecule has 168 valence electrons. The minimum atomic E-state index is -0.938. The molecule has 2 atom stereocenters. The number of thiophene rings is 1. The van der Waals surface area contributed by atoms with Gasteiger partial charge in [-0.25, -0.2) is 9.18 Å². The molecular formula is C24H23ClFNO4S. The van der Waals surface area contributed by atoms with Crippen LogP contribution in [0.5, 0.6) is 0 Å². The molecule has 1 aliphatic heterocycles. The first-order valence-electron chi connectivity index (χ1n) is 10.3. The van der Waals surface area contributed by atoms with Crippen molar-refractivity contribution in [2.45, 2.75) is 31.6 Å². The van der Waals surface area contributed by atoms with Crippen molar-refractivity contribution >= 4 is 34.7 Å². The van der Waals surface area contributed by atoms with Gasteiger partial charge in [-0.2, -0.15) is 0 Å². The molecule has 2 heterocycles. The zero-order valence-corrected chi connectivity index (χ0v) is 19.3. The molecule has 1 aliphatic carbocycles. The van der Waals surface area contributed by atoms with Crippen molar-refractivity contribution < 1.29 is 23.5 Å². The summed E-state index contributed by atoms with van der Waals surface area (Å²) >= 11 is 8.02. The van der Waals surface area contributed by atoms with Crippen LogP contribution in [-0.2, 0) is 19.1 Å². The molecule has 4 rings (SSSR count). The van der Waals surface area contributed by atoms with Gasteiger partial charge in [0.05, 0.1) is 18.1 Å². The highest BCUT2D eigenvalue weighted by Gasteiger charge is 2.43. The number of allylic oxidation sites excluding steroid dienone is 3. The number of dihydropyridines is 1. The van der Waals surface area contributed by atoms with Crippen molar-refractivity contribution in [1.29, 1.82) is 0 Å². The normalized spacial score (nSPS) is 20.8. The summed E-state index contributed by atoms with van der Waals surface area (Å²) in [6.07, 6.45) is 0.877. The Morgan fingerprint density at radius 1 is 1.25 bits per heavy atom. The van der Waals surface area contributed by atoms with Crippen LogP contribution >= 0.6 is 22.9 Å². The molecule has 2 aromatic rings. The van der Waals surface area contributed by atoms with Gasteiger partial charge in [0.2, 0.25) is 0 Å². The monoisotopic (exact) mass is 475 g/mol. The fraction of sp³-hybridized carbons (Fsp3) is 0.333. The Morgan fingerprint density at radius 2 is 2.06 bits per heavy atom. The average molecular weight is 476 g/mol. The maximum absolute atomic E-state index is 15.1. The van der Waals surface area contributed by atoms with Crippen LogP contribution in [0.3, 0.4) is 0 Å². The third-order valence-corrected chi connectivity index (χ3v) is 7.17. The molecule has 1 aromatic heterocycles. The smallest absolute Gasteiger partial charge is 0.336 e. The minimum Gasteiger partial charge on any atom is -0.460 e. The molecule has 0 spiro atoms. The van der Waals surface area contributed by atoms with E-state index in [0.29, 0.717) is 23.4 Å². The van der Waals surface area contributed by atoms with Crippen molar-refractivity contribution in [1.82, 2.24) is 5.32 Å². The lowest BCUT2D eigenvalue weighted by atomic mass is 9.72. The standard InChI is InChI=1S/C24H23ClFNO4S/c1-13-20(24(29)31-9-8-30-2)23(21-15(25)5-3-6-16(21)26)22-17(27-13)11-14(12-18(22)28)19-7-4-10-32-19/h3-7,10,14,23,27H,8-9,11-12H2,1-2H3/t14-,23-/m0/s1. The van der Waals surface area contributed by atoms with E-state index < -0.39 is 17.7 Å². The second-order valence-corrected chi connectivity index (χ2v) is 9.18. The van der Waals surface area contributed by atoms with Gasteiger partial charge in [-0.1, -0.05) is 23.7 Å². The highest BCUT2D eigenvalue weighted by Crippen LogP contribution is 2.48. The van der Waals surface area contributed by atoms with Gasteiger partial charge in [0, 0.05) is 51.9 Å². The number of esters is 1. The van der Waals surface area contributed by atoms with Gasteiger partial charge in [0.1, 0.15) is 12.4 Å². The maximum Gasteiger partial charge on any atom is 0.336 e. The first kappa shape index (κ1) is 22.7. The van der Waals surface area contributed by atoms with Crippen LogP contribution in [0.25, 0.3) is 0 Å². The van der Waals surface area contributed by atoms with E-state index in [4.69, 9.17) is 21.1 Å². The van der Waals surface area contributed by atoms with Crippen molar-refractivity contribution in [3.8, 4) is 0 Å². The van der Waals surface area contributed by atoms with Crippen molar-refractivity contribution in [2.24, 2.45) is 0 Å². The van der Waals surface area contributed by atoms with Crippen LogP contribution in [-0.4, -0.2) is 32.1 Å². The van der Waals surface area contributed by atoms with Gasteiger partial charge >= 0.3 is 5.97 Å². The van der Waals surface area contributed by atoms with Crippen LogP contribution in [0, 0.1) is 5.82 Å². The second-order valence-electron chi connectivity index (χ2n) is 7.80. The summed E-state index contributed by atoms with van der Waals surface area (Å²) < 4.78 is 25.4. The Hall–Kier alpha value is -2.48. The summed E-state index contributed by atoms with van der Waals surface area (Å²) in [4.78, 5) is 27.6. The van der Waals surface area contributed by atoms with Crippen molar-refractivity contribution in [3.05, 3.63) is 79.5 Å². The molecule has 0 bridgehead atoms. The Labute approximate surface area is 194 Å². The quantitative estimate of drug-likeness (QED) is 0.465. The Balaban J connectivity index is 1.81. The SMILES string of the molecule is COCCOC(=O)C1=C(C)NC2=C(C(=O)C[C@@H](c3cccs3)C2)[C@@H]1c1c(F)cccc1Cl. The highest BCUT2D eigenvalue weighted by atomic mass is 35.5. The highest BCUT2D eigenvalue weighted by molar-refractivity contribution is 7.10. The predicted octanol–water partition coefficient (Wildman–Crippen LogP) is 5.09. The third-order valence-electron chi connectivity index (χ3n) is 5.80. The molecule has 1 N–H and O–H groups in total. The molecule has 8 heteroatoms. The number of hydrogen-bond donors (Lipinski definition) is 1. The van der Waals surface area contributed by atoms with Gasteiger partial charge in [0.25, 0.3) is 0 Å². The summed E-state index contributed by atoms with van der Waals surface area (Å²) in [5, 5.41) is 5.39. The zero-order chi connectivity index (χ0) is 22.8. The number of ketones is 1. The number of ether oxygens (including phenoxy) is 2. The number of methoxy groups -OCH3 is 1. The van der Waals surface area contributed by atoms with Gasteiger partial charge in [-0.05, 0) is 36.9 Å². The number of nitrogens with one attached hydrogen (secondary N) is 1. The largest absolute Gasteiger partial charge is 0.460 e. The third kappa shape index (κ3) is 4.25. The van der Waals surface area contributed by atoms with Crippen molar-refractivity contribution in [2.75, 3.05) is 20.3 Å². The van der Waals surface area contributed by atoms with E-state index in [1.807, 2.05) is 17.5 Å². The minimum absolute atomic E-state index is 0.0356. The van der Waals surface area contributed by atoms with Crippen LogP contribution < -0.4 is 5.32 Å². The predicted molar refractivity (Wildman–Crippen MR) is 121 cm³/mol. The summed E-state index contributed by atoms with van der Waals surface area (Å²) in [6.45, 7) is 2.01. The Morgan fingerprint density at radius 3 is 2.75 bits per heavy atom.